The third kappa shape index (κ3) is 1.86. The summed E-state index contributed by atoms with van der Waals surface area (Å²) in [5.74, 6) is 0.361. The Morgan fingerprint density at radius 1 is 1.69 bits per heavy atom. The summed E-state index contributed by atoms with van der Waals surface area (Å²) in [7, 11) is 0. The standard InChI is InChI=1S/C10H15N3/c1-3-7(2)10-9(12)8(6-11)4-5-13-10/h4-7,11H,3,12H2,1-2H3. The van der Waals surface area contributed by atoms with Gasteiger partial charge in [-0.05, 0) is 12.5 Å². The maximum absolute atomic E-state index is 7.15. The van der Waals surface area contributed by atoms with E-state index < -0.39 is 0 Å². The summed E-state index contributed by atoms with van der Waals surface area (Å²) < 4.78 is 0. The molecule has 0 saturated heterocycles. The number of hydrogen-bond acceptors (Lipinski definition) is 3. The Morgan fingerprint density at radius 2 is 2.38 bits per heavy atom. The fourth-order valence-corrected chi connectivity index (χ4v) is 1.22. The van der Waals surface area contributed by atoms with Gasteiger partial charge in [0.2, 0.25) is 0 Å². The van der Waals surface area contributed by atoms with E-state index in [4.69, 9.17) is 11.1 Å². The third-order valence-corrected chi connectivity index (χ3v) is 2.29. The van der Waals surface area contributed by atoms with Crippen LogP contribution in [0.4, 0.5) is 5.69 Å². The first kappa shape index (κ1) is 9.71. The number of pyridine rings is 1. The topological polar surface area (TPSA) is 62.8 Å². The Balaban J connectivity index is 3.15. The van der Waals surface area contributed by atoms with Gasteiger partial charge in [0.25, 0.3) is 0 Å². The Kier molecular flexibility index (Phi) is 3.01. The lowest BCUT2D eigenvalue weighted by atomic mass is 10.0. The molecule has 0 aromatic carbocycles. The molecule has 3 nitrogen and oxygen atoms in total. The van der Waals surface area contributed by atoms with Crippen molar-refractivity contribution in [2.24, 2.45) is 0 Å². The molecule has 70 valence electrons. The lowest BCUT2D eigenvalue weighted by Gasteiger charge is -2.11. The van der Waals surface area contributed by atoms with Crippen LogP contribution in [0.3, 0.4) is 0 Å². The van der Waals surface area contributed by atoms with Gasteiger partial charge in [-0.3, -0.25) is 4.98 Å². The molecule has 0 spiro atoms. The summed E-state index contributed by atoms with van der Waals surface area (Å²) in [4.78, 5) is 4.23. The normalized spacial score (nSPS) is 12.5. The Bertz CT molecular complexity index is 307. The van der Waals surface area contributed by atoms with E-state index in [-0.39, 0.29) is 0 Å². The summed E-state index contributed by atoms with van der Waals surface area (Å²) in [6.45, 7) is 4.19. The molecule has 1 rings (SSSR count). The highest BCUT2D eigenvalue weighted by molar-refractivity contribution is 5.85. The van der Waals surface area contributed by atoms with Crippen molar-refractivity contribution in [3.63, 3.8) is 0 Å². The van der Waals surface area contributed by atoms with Gasteiger partial charge in [0.15, 0.2) is 0 Å². The lowest BCUT2D eigenvalue weighted by Crippen LogP contribution is -2.04. The van der Waals surface area contributed by atoms with Crippen molar-refractivity contribution in [2.75, 3.05) is 5.73 Å². The first-order valence-electron chi connectivity index (χ1n) is 4.45. The smallest absolute Gasteiger partial charge is 0.0667 e. The molecule has 0 amide bonds. The molecule has 0 aliphatic heterocycles. The van der Waals surface area contributed by atoms with Gasteiger partial charge in [-0.25, -0.2) is 0 Å². The largest absolute Gasteiger partial charge is 0.397 e. The van der Waals surface area contributed by atoms with Gasteiger partial charge in [0, 0.05) is 23.9 Å². The van der Waals surface area contributed by atoms with Crippen molar-refractivity contribution in [1.82, 2.24) is 4.98 Å². The molecule has 3 heteroatoms. The van der Waals surface area contributed by atoms with Crippen molar-refractivity contribution >= 4 is 11.9 Å². The zero-order valence-electron chi connectivity index (χ0n) is 8.04. The zero-order chi connectivity index (χ0) is 9.84. The summed E-state index contributed by atoms with van der Waals surface area (Å²) in [5, 5.41) is 7.15. The molecule has 0 saturated carbocycles. The maximum atomic E-state index is 7.15. The molecule has 1 atom stereocenters. The summed E-state index contributed by atoms with van der Waals surface area (Å²) >= 11 is 0. The van der Waals surface area contributed by atoms with Crippen molar-refractivity contribution in [1.29, 1.82) is 5.41 Å². The SMILES string of the molecule is CCC(C)c1nccc(C=N)c1N. The Labute approximate surface area is 78.5 Å². The first-order chi connectivity index (χ1) is 6.20. The minimum Gasteiger partial charge on any atom is -0.397 e. The first-order valence-corrected chi connectivity index (χ1v) is 4.45. The summed E-state index contributed by atoms with van der Waals surface area (Å²) in [6.07, 6.45) is 3.99. The van der Waals surface area contributed by atoms with E-state index >= 15 is 0 Å². The number of nitrogens with two attached hydrogens (primary N) is 1. The Morgan fingerprint density at radius 3 is 2.92 bits per heavy atom. The lowest BCUT2D eigenvalue weighted by molar-refractivity contribution is 0.711. The van der Waals surface area contributed by atoms with Crippen LogP contribution in [0.1, 0.15) is 37.4 Å². The molecule has 0 aliphatic rings. The third-order valence-electron chi connectivity index (χ3n) is 2.29. The molecule has 1 aromatic heterocycles. The van der Waals surface area contributed by atoms with Crippen LogP contribution in [-0.2, 0) is 0 Å². The van der Waals surface area contributed by atoms with E-state index in [0.29, 0.717) is 11.6 Å². The highest BCUT2D eigenvalue weighted by atomic mass is 14.7. The predicted molar refractivity (Wildman–Crippen MR) is 55.2 cm³/mol. The molecule has 0 aliphatic carbocycles. The fourth-order valence-electron chi connectivity index (χ4n) is 1.22. The average molecular weight is 177 g/mol. The van der Waals surface area contributed by atoms with Gasteiger partial charge in [0.05, 0.1) is 11.4 Å². The van der Waals surface area contributed by atoms with Gasteiger partial charge in [0.1, 0.15) is 0 Å². The van der Waals surface area contributed by atoms with Crippen molar-refractivity contribution < 1.29 is 0 Å². The second-order valence-corrected chi connectivity index (χ2v) is 3.15. The second-order valence-electron chi connectivity index (χ2n) is 3.15. The van der Waals surface area contributed by atoms with E-state index in [2.05, 4.69) is 18.8 Å². The summed E-state index contributed by atoms with van der Waals surface area (Å²) in [6, 6.07) is 1.76. The van der Waals surface area contributed by atoms with E-state index in [9.17, 15) is 0 Å². The molecule has 0 bridgehead atoms. The molecule has 3 N–H and O–H groups in total. The monoisotopic (exact) mass is 177 g/mol. The number of nitrogens with zero attached hydrogens (tertiary/aromatic N) is 1. The van der Waals surface area contributed by atoms with Crippen molar-refractivity contribution in [3.8, 4) is 0 Å². The molecule has 1 aromatic rings. The predicted octanol–water partition coefficient (Wildman–Crippen LogP) is 2.17. The molecule has 0 fully saturated rings. The second kappa shape index (κ2) is 4.03. The van der Waals surface area contributed by atoms with Crippen LogP contribution in [0.25, 0.3) is 0 Å². The number of hydrogen-bond donors (Lipinski definition) is 2. The number of nitrogens with one attached hydrogen (secondary N) is 1. The van der Waals surface area contributed by atoms with Gasteiger partial charge < -0.3 is 11.1 Å². The number of aromatic nitrogens is 1. The zero-order valence-corrected chi connectivity index (χ0v) is 8.04. The number of anilines is 1. The summed E-state index contributed by atoms with van der Waals surface area (Å²) in [5.41, 5.74) is 8.16. The van der Waals surface area contributed by atoms with Gasteiger partial charge in [-0.1, -0.05) is 13.8 Å². The van der Waals surface area contributed by atoms with Crippen LogP contribution in [0, 0.1) is 5.41 Å². The molecular weight excluding hydrogens is 162 g/mol. The van der Waals surface area contributed by atoms with Crippen LogP contribution in [0.5, 0.6) is 0 Å². The van der Waals surface area contributed by atoms with E-state index in [1.54, 1.807) is 12.3 Å². The number of nitrogen functional groups attached to an aromatic ring is 1. The van der Waals surface area contributed by atoms with Crippen LogP contribution in [0.15, 0.2) is 12.3 Å². The van der Waals surface area contributed by atoms with Gasteiger partial charge >= 0.3 is 0 Å². The van der Waals surface area contributed by atoms with E-state index in [1.807, 2.05) is 0 Å². The highest BCUT2D eigenvalue weighted by Crippen LogP contribution is 2.23. The highest BCUT2D eigenvalue weighted by Gasteiger charge is 2.10. The quantitative estimate of drug-likeness (QED) is 0.695. The van der Waals surface area contributed by atoms with E-state index in [0.717, 1.165) is 17.7 Å². The average Bonchev–Trinajstić information content (AvgIpc) is 2.17. The minimum atomic E-state index is 0.361. The van der Waals surface area contributed by atoms with Crippen LogP contribution < -0.4 is 5.73 Å². The molecular formula is C10H15N3. The van der Waals surface area contributed by atoms with E-state index in [1.165, 1.54) is 6.21 Å². The van der Waals surface area contributed by atoms with Crippen LogP contribution >= 0.6 is 0 Å². The fraction of sp³-hybridized carbons (Fsp3) is 0.400. The van der Waals surface area contributed by atoms with Crippen molar-refractivity contribution in [2.45, 2.75) is 26.2 Å². The van der Waals surface area contributed by atoms with Gasteiger partial charge in [-0.15, -0.1) is 0 Å². The maximum Gasteiger partial charge on any atom is 0.0667 e. The van der Waals surface area contributed by atoms with Gasteiger partial charge in [-0.2, -0.15) is 0 Å². The molecule has 0 radical (unpaired) electrons. The van der Waals surface area contributed by atoms with Crippen LogP contribution in [-0.4, -0.2) is 11.2 Å². The molecule has 13 heavy (non-hydrogen) atoms. The number of rotatable bonds is 3. The van der Waals surface area contributed by atoms with Crippen LogP contribution in [0.2, 0.25) is 0 Å². The molecule has 1 heterocycles. The van der Waals surface area contributed by atoms with Crippen molar-refractivity contribution in [3.05, 3.63) is 23.5 Å². The molecule has 1 unspecified atom stereocenters. The Hall–Kier alpha value is -1.38. The minimum absolute atomic E-state index is 0.361.